The topological polar surface area (TPSA) is 84.7 Å². The van der Waals surface area contributed by atoms with Gasteiger partial charge in [0.1, 0.15) is 6.61 Å². The van der Waals surface area contributed by atoms with Crippen LogP contribution in [0.25, 0.3) is 0 Å². The predicted molar refractivity (Wildman–Crippen MR) is 86.9 cm³/mol. The van der Waals surface area contributed by atoms with Crippen molar-refractivity contribution in [1.82, 2.24) is 10.2 Å². The zero-order valence-corrected chi connectivity index (χ0v) is 14.1. The van der Waals surface area contributed by atoms with E-state index in [1.807, 2.05) is 0 Å². The first kappa shape index (κ1) is 19.2. The highest BCUT2D eigenvalue weighted by Gasteiger charge is 2.36. The van der Waals surface area contributed by atoms with Crippen LogP contribution < -0.4 is 11.1 Å². The van der Waals surface area contributed by atoms with Gasteiger partial charge in [0.15, 0.2) is 0 Å². The van der Waals surface area contributed by atoms with E-state index in [1.54, 1.807) is 4.90 Å². The summed E-state index contributed by atoms with van der Waals surface area (Å²) in [5.74, 6) is 0.00807. The van der Waals surface area contributed by atoms with Crippen LogP contribution in [-0.4, -0.2) is 55.1 Å². The number of carbonyl (C=O) groups is 2. The molecule has 1 aliphatic heterocycles. The lowest BCUT2D eigenvalue weighted by Gasteiger charge is -2.36. The number of likely N-dealkylation sites (tertiary alicyclic amines) is 1. The normalized spacial score (nSPS) is 21.8. The summed E-state index contributed by atoms with van der Waals surface area (Å²) in [4.78, 5) is 25.9. The lowest BCUT2D eigenvalue weighted by atomic mass is 9.81. The second-order valence-corrected chi connectivity index (χ2v) is 6.28. The number of hydrogen-bond donors (Lipinski definition) is 2. The molecule has 0 aromatic heterocycles. The van der Waals surface area contributed by atoms with Crippen molar-refractivity contribution in [2.24, 2.45) is 5.73 Å². The third-order valence-corrected chi connectivity index (χ3v) is 4.65. The summed E-state index contributed by atoms with van der Waals surface area (Å²) >= 11 is 0. The highest BCUT2D eigenvalue weighted by molar-refractivity contribution is 5.86. The van der Waals surface area contributed by atoms with Gasteiger partial charge < -0.3 is 20.7 Å². The molecule has 0 spiro atoms. The van der Waals surface area contributed by atoms with Crippen molar-refractivity contribution in [1.29, 1.82) is 0 Å². The van der Waals surface area contributed by atoms with Gasteiger partial charge in [-0.25, -0.2) is 0 Å². The molecule has 1 heterocycles. The summed E-state index contributed by atoms with van der Waals surface area (Å²) in [6.45, 7) is 1.47. The highest BCUT2D eigenvalue weighted by Crippen LogP contribution is 2.26. The van der Waals surface area contributed by atoms with E-state index in [0.29, 0.717) is 13.1 Å². The van der Waals surface area contributed by atoms with Crippen molar-refractivity contribution < 1.29 is 14.3 Å². The molecule has 2 aliphatic rings. The average molecular weight is 334 g/mol. The Hall–Kier alpha value is -0.850. The molecule has 1 saturated heterocycles. The minimum atomic E-state index is -0.679. The van der Waals surface area contributed by atoms with Gasteiger partial charge in [-0.05, 0) is 25.7 Å². The van der Waals surface area contributed by atoms with E-state index in [4.69, 9.17) is 10.5 Å². The molecule has 0 aromatic rings. The maximum absolute atomic E-state index is 12.4. The first-order chi connectivity index (χ1) is 10.0. The third kappa shape index (κ3) is 4.83. The zero-order valence-electron chi connectivity index (χ0n) is 13.3. The molecule has 1 aliphatic carbocycles. The molecule has 2 rings (SSSR count). The maximum Gasteiger partial charge on any atom is 0.248 e. The number of nitrogens with zero attached hydrogens (tertiary/aromatic N) is 1. The SMILES string of the molecule is COCC(=O)N1CCC(NC(=O)C2(N)CCCCC2)CC1.Cl. The summed E-state index contributed by atoms with van der Waals surface area (Å²) in [5, 5.41) is 3.09. The molecular formula is C15H28ClN3O3. The minimum Gasteiger partial charge on any atom is -0.375 e. The molecule has 7 heteroatoms. The number of hydrogen-bond acceptors (Lipinski definition) is 4. The fourth-order valence-corrected chi connectivity index (χ4v) is 3.23. The number of nitrogens with one attached hydrogen (secondary N) is 1. The fraction of sp³-hybridized carbons (Fsp3) is 0.867. The van der Waals surface area contributed by atoms with Crippen LogP contribution in [0.3, 0.4) is 0 Å². The number of rotatable bonds is 4. The Labute approximate surface area is 138 Å². The molecule has 2 fully saturated rings. The van der Waals surface area contributed by atoms with E-state index < -0.39 is 5.54 Å². The summed E-state index contributed by atoms with van der Waals surface area (Å²) in [7, 11) is 1.52. The van der Waals surface area contributed by atoms with Crippen LogP contribution in [0.2, 0.25) is 0 Å². The minimum absolute atomic E-state index is 0. The molecule has 2 amide bonds. The van der Waals surface area contributed by atoms with Crippen molar-refractivity contribution in [2.45, 2.75) is 56.5 Å². The van der Waals surface area contributed by atoms with Gasteiger partial charge in [-0.1, -0.05) is 19.3 Å². The number of methoxy groups -OCH3 is 1. The molecule has 22 heavy (non-hydrogen) atoms. The predicted octanol–water partition coefficient (Wildman–Crippen LogP) is 0.823. The third-order valence-electron chi connectivity index (χ3n) is 4.65. The molecule has 1 saturated carbocycles. The lowest BCUT2D eigenvalue weighted by molar-refractivity contribution is -0.136. The number of piperidine rings is 1. The van der Waals surface area contributed by atoms with Gasteiger partial charge in [0.2, 0.25) is 11.8 Å². The van der Waals surface area contributed by atoms with Crippen LogP contribution in [-0.2, 0) is 14.3 Å². The number of ether oxygens (including phenoxy) is 1. The van der Waals surface area contributed by atoms with Gasteiger partial charge in [0, 0.05) is 26.2 Å². The van der Waals surface area contributed by atoms with Gasteiger partial charge in [0.25, 0.3) is 0 Å². The van der Waals surface area contributed by atoms with Crippen molar-refractivity contribution in [3.8, 4) is 0 Å². The quantitative estimate of drug-likeness (QED) is 0.798. The largest absolute Gasteiger partial charge is 0.375 e. The molecule has 0 radical (unpaired) electrons. The van der Waals surface area contributed by atoms with Crippen LogP contribution in [0, 0.1) is 0 Å². The van der Waals surface area contributed by atoms with Gasteiger partial charge in [-0.2, -0.15) is 0 Å². The van der Waals surface area contributed by atoms with Crippen LogP contribution in [0.4, 0.5) is 0 Å². The first-order valence-corrected chi connectivity index (χ1v) is 7.92. The molecular weight excluding hydrogens is 306 g/mol. The number of nitrogens with two attached hydrogens (primary N) is 1. The Bertz CT molecular complexity index is 378. The van der Waals surface area contributed by atoms with Crippen molar-refractivity contribution in [3.63, 3.8) is 0 Å². The number of halogens is 1. The molecule has 128 valence electrons. The van der Waals surface area contributed by atoms with Crippen molar-refractivity contribution >= 4 is 24.2 Å². The standard InChI is InChI=1S/C15H27N3O3.ClH/c1-21-11-13(19)18-9-5-12(6-10-18)17-14(20)15(16)7-3-2-4-8-15;/h12H,2-11,16H2,1H3,(H,17,20);1H. The van der Waals surface area contributed by atoms with Gasteiger partial charge in [0.05, 0.1) is 5.54 Å². The second kappa shape index (κ2) is 8.70. The Morgan fingerprint density at radius 2 is 1.82 bits per heavy atom. The van der Waals surface area contributed by atoms with Crippen molar-refractivity contribution in [3.05, 3.63) is 0 Å². The molecule has 6 nitrogen and oxygen atoms in total. The Balaban J connectivity index is 0.00000242. The van der Waals surface area contributed by atoms with E-state index in [-0.39, 0.29) is 36.9 Å². The van der Waals surface area contributed by atoms with Crippen LogP contribution in [0.15, 0.2) is 0 Å². The summed E-state index contributed by atoms with van der Waals surface area (Å²) < 4.78 is 4.86. The van der Waals surface area contributed by atoms with Crippen LogP contribution in [0.1, 0.15) is 44.9 Å². The van der Waals surface area contributed by atoms with E-state index in [9.17, 15) is 9.59 Å². The van der Waals surface area contributed by atoms with Crippen molar-refractivity contribution in [2.75, 3.05) is 26.8 Å². The van der Waals surface area contributed by atoms with E-state index in [1.165, 1.54) is 13.5 Å². The van der Waals surface area contributed by atoms with E-state index in [0.717, 1.165) is 38.5 Å². The Morgan fingerprint density at radius 1 is 1.23 bits per heavy atom. The molecule has 0 unspecified atom stereocenters. The zero-order chi connectivity index (χ0) is 15.3. The molecule has 0 bridgehead atoms. The van der Waals surface area contributed by atoms with Gasteiger partial charge in [-0.15, -0.1) is 12.4 Å². The molecule has 3 N–H and O–H groups in total. The summed E-state index contributed by atoms with van der Waals surface area (Å²) in [5.41, 5.74) is 5.56. The molecule has 0 aromatic carbocycles. The van der Waals surface area contributed by atoms with Gasteiger partial charge >= 0.3 is 0 Å². The smallest absolute Gasteiger partial charge is 0.248 e. The number of carbonyl (C=O) groups excluding carboxylic acids is 2. The summed E-state index contributed by atoms with van der Waals surface area (Å²) in [6, 6.07) is 0.131. The first-order valence-electron chi connectivity index (χ1n) is 7.92. The summed E-state index contributed by atoms with van der Waals surface area (Å²) in [6.07, 6.45) is 6.39. The fourth-order valence-electron chi connectivity index (χ4n) is 3.23. The van der Waals surface area contributed by atoms with Gasteiger partial charge in [-0.3, -0.25) is 9.59 Å². The second-order valence-electron chi connectivity index (χ2n) is 6.28. The van der Waals surface area contributed by atoms with E-state index >= 15 is 0 Å². The highest BCUT2D eigenvalue weighted by atomic mass is 35.5. The monoisotopic (exact) mass is 333 g/mol. The van der Waals surface area contributed by atoms with Crippen LogP contribution in [0.5, 0.6) is 0 Å². The van der Waals surface area contributed by atoms with Crippen LogP contribution >= 0.6 is 12.4 Å². The average Bonchev–Trinajstić information content (AvgIpc) is 2.49. The van der Waals surface area contributed by atoms with E-state index in [2.05, 4.69) is 5.32 Å². The lowest BCUT2D eigenvalue weighted by Crippen LogP contribution is -2.58. The maximum atomic E-state index is 12.4. The Morgan fingerprint density at radius 3 is 2.36 bits per heavy atom. The Kier molecular flexibility index (Phi) is 7.59. The number of amides is 2. The molecule has 0 atom stereocenters.